The summed E-state index contributed by atoms with van der Waals surface area (Å²) in [7, 11) is 0. The summed E-state index contributed by atoms with van der Waals surface area (Å²) >= 11 is 1.67. The number of halogens is 1. The standard InChI is InChI=1S/C21H20FNOS/c1-14-3-4-15(2)23(14)18-8-5-16(6-9-18)21(24)11-12-25-20-10-7-17(22)13-19(20)21/h3-10,13,24H,11-12H2,1-2H3/t21-/m1/s1. The second-order valence-electron chi connectivity index (χ2n) is 6.60. The van der Waals surface area contributed by atoms with E-state index in [4.69, 9.17) is 0 Å². The van der Waals surface area contributed by atoms with Crippen molar-refractivity contribution in [3.8, 4) is 5.69 Å². The fourth-order valence-corrected chi connectivity index (χ4v) is 4.82. The maximum Gasteiger partial charge on any atom is 0.123 e. The lowest BCUT2D eigenvalue weighted by molar-refractivity contribution is 0.0728. The summed E-state index contributed by atoms with van der Waals surface area (Å²) in [6.07, 6.45) is 0.578. The normalized spacial score (nSPS) is 19.7. The van der Waals surface area contributed by atoms with E-state index in [2.05, 4.69) is 30.5 Å². The minimum atomic E-state index is -1.14. The van der Waals surface area contributed by atoms with Gasteiger partial charge in [0.25, 0.3) is 0 Å². The maximum atomic E-state index is 13.8. The molecule has 0 radical (unpaired) electrons. The summed E-state index contributed by atoms with van der Waals surface area (Å²) in [5, 5.41) is 11.4. The number of aryl methyl sites for hydroxylation is 2. The number of hydrogen-bond donors (Lipinski definition) is 1. The third-order valence-corrected chi connectivity index (χ3v) is 6.06. The molecule has 0 saturated carbocycles. The first-order valence-corrected chi connectivity index (χ1v) is 9.39. The lowest BCUT2D eigenvalue weighted by atomic mass is 9.83. The van der Waals surface area contributed by atoms with Crippen LogP contribution in [0.1, 0.15) is 28.9 Å². The number of nitrogens with zero attached hydrogens (tertiary/aromatic N) is 1. The highest BCUT2D eigenvalue weighted by molar-refractivity contribution is 7.99. The van der Waals surface area contributed by atoms with Crippen LogP contribution in [-0.2, 0) is 5.60 Å². The van der Waals surface area contributed by atoms with Crippen LogP contribution in [0.25, 0.3) is 5.69 Å². The lowest BCUT2D eigenvalue weighted by Gasteiger charge is -2.34. The van der Waals surface area contributed by atoms with Gasteiger partial charge in [0.05, 0.1) is 0 Å². The Kier molecular flexibility index (Phi) is 3.97. The van der Waals surface area contributed by atoms with Crippen LogP contribution >= 0.6 is 11.8 Å². The molecule has 2 aromatic carbocycles. The van der Waals surface area contributed by atoms with E-state index < -0.39 is 5.60 Å². The first kappa shape index (κ1) is 16.4. The van der Waals surface area contributed by atoms with E-state index in [9.17, 15) is 9.50 Å². The summed E-state index contributed by atoms with van der Waals surface area (Å²) in [5.41, 5.74) is 3.76. The van der Waals surface area contributed by atoms with Crippen molar-refractivity contribution in [1.82, 2.24) is 4.57 Å². The van der Waals surface area contributed by atoms with Crippen LogP contribution in [0.4, 0.5) is 4.39 Å². The molecule has 0 unspecified atom stereocenters. The highest BCUT2D eigenvalue weighted by Crippen LogP contribution is 2.44. The van der Waals surface area contributed by atoms with Gasteiger partial charge in [-0.25, -0.2) is 4.39 Å². The van der Waals surface area contributed by atoms with Crippen molar-refractivity contribution in [2.24, 2.45) is 0 Å². The van der Waals surface area contributed by atoms with Crippen molar-refractivity contribution in [2.75, 3.05) is 5.75 Å². The molecule has 2 nitrogen and oxygen atoms in total. The van der Waals surface area contributed by atoms with Gasteiger partial charge in [-0.15, -0.1) is 11.8 Å². The molecule has 0 amide bonds. The number of rotatable bonds is 2. The summed E-state index contributed by atoms with van der Waals surface area (Å²) in [5.74, 6) is 0.502. The van der Waals surface area contributed by atoms with E-state index in [1.807, 2.05) is 24.3 Å². The van der Waals surface area contributed by atoms with Crippen molar-refractivity contribution >= 4 is 11.8 Å². The Hall–Kier alpha value is -2.04. The predicted molar refractivity (Wildman–Crippen MR) is 100.0 cm³/mol. The molecule has 0 fully saturated rings. The minimum absolute atomic E-state index is 0.310. The fraction of sp³-hybridized carbons (Fsp3) is 0.238. The SMILES string of the molecule is Cc1ccc(C)n1-c1ccc([C@]2(O)CCSc3ccc(F)cc32)cc1. The highest BCUT2D eigenvalue weighted by Gasteiger charge is 2.36. The van der Waals surface area contributed by atoms with Crippen LogP contribution in [-0.4, -0.2) is 15.4 Å². The fourth-order valence-electron chi connectivity index (χ4n) is 3.66. The Morgan fingerprint density at radius 3 is 2.36 bits per heavy atom. The van der Waals surface area contributed by atoms with Crippen LogP contribution in [0, 0.1) is 19.7 Å². The average Bonchev–Trinajstić information content (AvgIpc) is 2.94. The van der Waals surface area contributed by atoms with E-state index in [0.29, 0.717) is 12.0 Å². The van der Waals surface area contributed by atoms with Gasteiger partial charge in [-0.1, -0.05) is 12.1 Å². The quantitative estimate of drug-likeness (QED) is 0.704. The Bertz CT molecular complexity index is 912. The lowest BCUT2D eigenvalue weighted by Crippen LogP contribution is -2.31. The van der Waals surface area contributed by atoms with Gasteiger partial charge in [0.15, 0.2) is 0 Å². The topological polar surface area (TPSA) is 25.2 Å². The van der Waals surface area contributed by atoms with Gasteiger partial charge in [0.1, 0.15) is 11.4 Å². The Balaban J connectivity index is 1.78. The van der Waals surface area contributed by atoms with Crippen LogP contribution in [0.3, 0.4) is 0 Å². The molecule has 1 N–H and O–H groups in total. The molecule has 0 aliphatic carbocycles. The number of aromatic nitrogens is 1. The van der Waals surface area contributed by atoms with E-state index in [1.165, 1.54) is 23.5 Å². The van der Waals surface area contributed by atoms with Gasteiger partial charge >= 0.3 is 0 Å². The first-order chi connectivity index (χ1) is 12.0. The summed E-state index contributed by atoms with van der Waals surface area (Å²) in [4.78, 5) is 0.955. The van der Waals surface area contributed by atoms with Crippen LogP contribution in [0.2, 0.25) is 0 Å². The molecule has 2 heterocycles. The molecule has 1 aliphatic rings. The largest absolute Gasteiger partial charge is 0.380 e. The van der Waals surface area contributed by atoms with Gasteiger partial charge < -0.3 is 9.67 Å². The number of aliphatic hydroxyl groups is 1. The molecule has 128 valence electrons. The second-order valence-corrected chi connectivity index (χ2v) is 7.73. The molecular formula is C21H20FNOS. The molecule has 0 bridgehead atoms. The van der Waals surface area contributed by atoms with Crippen molar-refractivity contribution in [3.63, 3.8) is 0 Å². The zero-order valence-electron chi connectivity index (χ0n) is 14.3. The van der Waals surface area contributed by atoms with E-state index >= 15 is 0 Å². The van der Waals surface area contributed by atoms with Gasteiger partial charge in [-0.3, -0.25) is 0 Å². The molecule has 3 aromatic rings. The highest BCUT2D eigenvalue weighted by atomic mass is 32.2. The smallest absolute Gasteiger partial charge is 0.123 e. The Morgan fingerprint density at radius 1 is 1.00 bits per heavy atom. The van der Waals surface area contributed by atoms with Crippen molar-refractivity contribution in [3.05, 3.63) is 82.9 Å². The molecule has 25 heavy (non-hydrogen) atoms. The van der Waals surface area contributed by atoms with Gasteiger partial charge in [0, 0.05) is 33.3 Å². The molecule has 0 saturated heterocycles. The third kappa shape index (κ3) is 2.70. The van der Waals surface area contributed by atoms with E-state index in [0.717, 1.165) is 21.9 Å². The summed E-state index contributed by atoms with van der Waals surface area (Å²) < 4.78 is 15.9. The first-order valence-electron chi connectivity index (χ1n) is 8.40. The molecular weight excluding hydrogens is 333 g/mol. The minimum Gasteiger partial charge on any atom is -0.380 e. The predicted octanol–water partition coefficient (Wildman–Crippen LogP) is 4.96. The van der Waals surface area contributed by atoms with Crippen molar-refractivity contribution in [1.29, 1.82) is 0 Å². The van der Waals surface area contributed by atoms with Gasteiger partial charge in [0.2, 0.25) is 0 Å². The molecule has 1 atom stereocenters. The van der Waals surface area contributed by atoms with Crippen LogP contribution in [0.5, 0.6) is 0 Å². The summed E-state index contributed by atoms with van der Waals surface area (Å²) in [6, 6.07) is 16.8. The number of hydrogen-bond acceptors (Lipinski definition) is 2. The average molecular weight is 353 g/mol. The van der Waals surface area contributed by atoms with Crippen LogP contribution < -0.4 is 0 Å². The molecule has 4 heteroatoms. The molecule has 0 spiro atoms. The molecule has 4 rings (SSSR count). The second kappa shape index (κ2) is 6.04. The van der Waals surface area contributed by atoms with Gasteiger partial charge in [-0.2, -0.15) is 0 Å². The number of thioether (sulfide) groups is 1. The van der Waals surface area contributed by atoms with Crippen molar-refractivity contribution in [2.45, 2.75) is 30.8 Å². The third-order valence-electron chi connectivity index (χ3n) is 4.98. The van der Waals surface area contributed by atoms with E-state index in [1.54, 1.807) is 17.8 Å². The Labute approximate surface area is 151 Å². The Morgan fingerprint density at radius 2 is 1.68 bits per heavy atom. The van der Waals surface area contributed by atoms with E-state index in [-0.39, 0.29) is 5.82 Å². The van der Waals surface area contributed by atoms with Crippen molar-refractivity contribution < 1.29 is 9.50 Å². The van der Waals surface area contributed by atoms with Gasteiger partial charge in [-0.05, 0) is 68.3 Å². The number of fused-ring (bicyclic) bond motifs is 1. The summed E-state index contributed by atoms with van der Waals surface area (Å²) in [6.45, 7) is 4.15. The maximum absolute atomic E-state index is 13.8. The molecule has 1 aliphatic heterocycles. The molecule has 1 aromatic heterocycles. The monoisotopic (exact) mass is 353 g/mol. The van der Waals surface area contributed by atoms with Crippen LogP contribution in [0.15, 0.2) is 59.5 Å². The number of benzene rings is 2. The zero-order chi connectivity index (χ0) is 17.6. The zero-order valence-corrected chi connectivity index (χ0v) is 15.1.